The number of nitrogens with one attached hydrogen (secondary N) is 2. The first-order valence-electron chi connectivity index (χ1n) is 15.2. The number of ketones is 1. The van der Waals surface area contributed by atoms with Crippen molar-refractivity contribution in [2.24, 2.45) is 7.05 Å². The van der Waals surface area contributed by atoms with Crippen LogP contribution in [0.5, 0.6) is 0 Å². The number of hydrogen-bond donors (Lipinski definition) is 2. The summed E-state index contributed by atoms with van der Waals surface area (Å²) < 4.78 is 39.2. The summed E-state index contributed by atoms with van der Waals surface area (Å²) in [6, 6.07) is 11.4. The first-order chi connectivity index (χ1) is 22.2. The highest BCUT2D eigenvalue weighted by Crippen LogP contribution is 2.40. The Morgan fingerprint density at radius 3 is 2.57 bits per heavy atom. The highest BCUT2D eigenvalue weighted by atomic mass is 35.5. The van der Waals surface area contributed by atoms with E-state index in [1.54, 1.807) is 34.9 Å². The molecule has 5 aromatic rings. The van der Waals surface area contributed by atoms with Gasteiger partial charge in [0.15, 0.2) is 0 Å². The molecule has 238 valence electrons. The van der Waals surface area contributed by atoms with Gasteiger partial charge in [-0.1, -0.05) is 30.7 Å². The van der Waals surface area contributed by atoms with Crippen LogP contribution < -0.4 is 10.6 Å². The van der Waals surface area contributed by atoms with Crippen molar-refractivity contribution in [3.05, 3.63) is 100 Å². The fraction of sp³-hybridized carbons (Fsp3) is 0.286. The number of imidazole rings is 1. The van der Waals surface area contributed by atoms with Gasteiger partial charge in [0.2, 0.25) is 11.7 Å². The van der Waals surface area contributed by atoms with Crippen LogP contribution in [0.3, 0.4) is 0 Å². The molecule has 4 heterocycles. The van der Waals surface area contributed by atoms with Crippen LogP contribution >= 0.6 is 11.6 Å². The Morgan fingerprint density at radius 1 is 1.11 bits per heavy atom. The van der Waals surface area contributed by atoms with E-state index < -0.39 is 29.0 Å². The van der Waals surface area contributed by atoms with Crippen LogP contribution in [-0.4, -0.2) is 51.4 Å². The molecule has 2 N–H and O–H groups in total. The number of pyridine rings is 1. The van der Waals surface area contributed by atoms with E-state index in [-0.39, 0.29) is 11.3 Å². The SMILES string of the molecule is CCc1cc2c(nc(C)n2C)c(Cl)c1-c1cccn2c(C(=O)c3cc(F)c(NC(=O)/C=C/CNC4CCOCC4)c(F)c3)ccc12. The molecule has 46 heavy (non-hydrogen) atoms. The molecular formula is C35H34ClF2N5O3. The molecule has 6 rings (SSSR count). The standard InChI is InChI=1S/C35H34ClF2N5O3/c1-4-21-19-29-34(40-20(2)42(29)3)32(36)31(21)24-7-6-14-43-27(24)9-10-28(43)35(45)22-17-25(37)33(26(38)18-22)41-30(44)8-5-13-39-23-11-15-46-16-12-23/h5-10,14,17-19,23,39H,4,11-13,15-16H2,1-3H3,(H,41,44)/b8-5+. The number of carbonyl (C=O) groups is 2. The largest absolute Gasteiger partial charge is 0.381 e. The fourth-order valence-electron chi connectivity index (χ4n) is 5.99. The van der Waals surface area contributed by atoms with Crippen molar-refractivity contribution in [1.82, 2.24) is 19.3 Å². The number of aryl methyl sites for hydroxylation is 3. The molecule has 1 fully saturated rings. The van der Waals surface area contributed by atoms with E-state index >= 15 is 8.78 Å². The maximum absolute atomic E-state index is 15.1. The third-order valence-electron chi connectivity index (χ3n) is 8.56. The van der Waals surface area contributed by atoms with Gasteiger partial charge >= 0.3 is 0 Å². The minimum Gasteiger partial charge on any atom is -0.381 e. The summed E-state index contributed by atoms with van der Waals surface area (Å²) >= 11 is 6.99. The Hall–Kier alpha value is -4.38. The van der Waals surface area contributed by atoms with E-state index in [2.05, 4.69) is 28.6 Å². The van der Waals surface area contributed by atoms with Crippen molar-refractivity contribution in [2.75, 3.05) is 25.1 Å². The molecule has 0 unspecified atom stereocenters. The molecule has 0 atom stereocenters. The van der Waals surface area contributed by atoms with Crippen LogP contribution in [0.25, 0.3) is 27.7 Å². The third-order valence-corrected chi connectivity index (χ3v) is 8.93. The Bertz CT molecular complexity index is 1990. The van der Waals surface area contributed by atoms with Crippen LogP contribution in [0.2, 0.25) is 5.02 Å². The van der Waals surface area contributed by atoms with E-state index in [1.165, 1.54) is 6.08 Å². The van der Waals surface area contributed by atoms with Crippen molar-refractivity contribution in [1.29, 1.82) is 0 Å². The quantitative estimate of drug-likeness (QED) is 0.136. The lowest BCUT2D eigenvalue weighted by Crippen LogP contribution is -2.34. The van der Waals surface area contributed by atoms with Gasteiger partial charge in [-0.15, -0.1) is 0 Å². The van der Waals surface area contributed by atoms with Gasteiger partial charge in [-0.25, -0.2) is 13.8 Å². The molecule has 0 bridgehead atoms. The number of rotatable bonds is 9. The van der Waals surface area contributed by atoms with E-state index in [4.69, 9.17) is 16.3 Å². The summed E-state index contributed by atoms with van der Waals surface area (Å²) in [5.41, 5.74) is 4.40. The van der Waals surface area contributed by atoms with E-state index in [1.807, 2.05) is 24.6 Å². The molecule has 0 spiro atoms. The van der Waals surface area contributed by atoms with Crippen molar-refractivity contribution >= 4 is 45.5 Å². The van der Waals surface area contributed by atoms with Crippen molar-refractivity contribution in [3.63, 3.8) is 0 Å². The summed E-state index contributed by atoms with van der Waals surface area (Å²) in [6.07, 6.45) is 7.02. The van der Waals surface area contributed by atoms with Gasteiger partial charge in [0.05, 0.1) is 21.7 Å². The second kappa shape index (κ2) is 13.2. The van der Waals surface area contributed by atoms with E-state index in [9.17, 15) is 9.59 Å². The highest BCUT2D eigenvalue weighted by molar-refractivity contribution is 6.38. The number of aromatic nitrogens is 3. The average Bonchev–Trinajstić information content (AvgIpc) is 3.62. The number of fused-ring (bicyclic) bond motifs is 2. The van der Waals surface area contributed by atoms with E-state index in [0.29, 0.717) is 48.3 Å². The molecule has 8 nitrogen and oxygen atoms in total. The Balaban J connectivity index is 1.25. The zero-order valence-electron chi connectivity index (χ0n) is 25.8. The van der Waals surface area contributed by atoms with Gasteiger partial charge in [0.25, 0.3) is 0 Å². The minimum absolute atomic E-state index is 0.188. The Morgan fingerprint density at radius 2 is 1.85 bits per heavy atom. The molecule has 0 saturated carbocycles. The predicted octanol–water partition coefficient (Wildman–Crippen LogP) is 6.79. The lowest BCUT2D eigenvalue weighted by molar-refractivity contribution is -0.112. The smallest absolute Gasteiger partial charge is 0.248 e. The van der Waals surface area contributed by atoms with Crippen LogP contribution in [-0.2, 0) is 23.0 Å². The molecule has 0 aliphatic carbocycles. The van der Waals surface area contributed by atoms with E-state index in [0.717, 1.165) is 53.0 Å². The summed E-state index contributed by atoms with van der Waals surface area (Å²) in [5.74, 6) is -2.52. The van der Waals surface area contributed by atoms with Crippen molar-refractivity contribution < 1.29 is 23.1 Å². The number of hydrogen-bond acceptors (Lipinski definition) is 5. The lowest BCUT2D eigenvalue weighted by Gasteiger charge is -2.22. The Kier molecular flexibility index (Phi) is 9.04. The fourth-order valence-corrected chi connectivity index (χ4v) is 6.36. The zero-order valence-corrected chi connectivity index (χ0v) is 26.5. The molecular weight excluding hydrogens is 612 g/mol. The van der Waals surface area contributed by atoms with Crippen molar-refractivity contribution in [2.45, 2.75) is 39.2 Å². The Labute approximate surface area is 270 Å². The monoisotopic (exact) mass is 645 g/mol. The lowest BCUT2D eigenvalue weighted by atomic mass is 9.96. The van der Waals surface area contributed by atoms with Gasteiger partial charge in [0, 0.05) is 61.8 Å². The third kappa shape index (κ3) is 5.95. The number of amides is 1. The second-order valence-electron chi connectivity index (χ2n) is 11.4. The van der Waals surface area contributed by atoms with Crippen LogP contribution in [0, 0.1) is 18.6 Å². The number of benzene rings is 2. The van der Waals surface area contributed by atoms with Gasteiger partial charge in [-0.2, -0.15) is 0 Å². The predicted molar refractivity (Wildman–Crippen MR) is 176 cm³/mol. The van der Waals surface area contributed by atoms with Crippen LogP contribution in [0.15, 0.2) is 60.8 Å². The molecule has 3 aromatic heterocycles. The number of nitrogens with zero attached hydrogens (tertiary/aromatic N) is 3. The molecule has 1 aliphatic rings. The maximum atomic E-state index is 15.1. The maximum Gasteiger partial charge on any atom is 0.248 e. The summed E-state index contributed by atoms with van der Waals surface area (Å²) in [6.45, 7) is 5.79. The first kappa shape index (κ1) is 31.6. The number of halogens is 3. The molecule has 0 radical (unpaired) electrons. The van der Waals surface area contributed by atoms with Gasteiger partial charge in [0.1, 0.15) is 28.7 Å². The second-order valence-corrected chi connectivity index (χ2v) is 11.8. The first-order valence-corrected chi connectivity index (χ1v) is 15.6. The topological polar surface area (TPSA) is 89.7 Å². The van der Waals surface area contributed by atoms with Crippen LogP contribution in [0.1, 0.15) is 47.2 Å². The molecule has 2 aromatic carbocycles. The number of carbonyl (C=O) groups excluding carboxylic acids is 2. The number of anilines is 1. The molecule has 1 saturated heterocycles. The highest BCUT2D eigenvalue weighted by Gasteiger charge is 2.23. The summed E-state index contributed by atoms with van der Waals surface area (Å²) in [5, 5.41) is 6.06. The molecule has 1 aliphatic heterocycles. The minimum atomic E-state index is -1.05. The normalized spacial score (nSPS) is 14.1. The van der Waals surface area contributed by atoms with Gasteiger partial charge in [-0.05, 0) is 68.1 Å². The average molecular weight is 646 g/mol. The van der Waals surface area contributed by atoms with Gasteiger partial charge in [-0.3, -0.25) is 9.59 Å². The summed E-state index contributed by atoms with van der Waals surface area (Å²) in [7, 11) is 1.95. The molecule has 1 amide bonds. The number of ether oxygens (including phenoxy) is 1. The van der Waals surface area contributed by atoms with Crippen LogP contribution in [0.4, 0.5) is 14.5 Å². The van der Waals surface area contributed by atoms with Crippen molar-refractivity contribution in [3.8, 4) is 11.1 Å². The van der Waals surface area contributed by atoms with Gasteiger partial charge < -0.3 is 24.3 Å². The molecule has 11 heteroatoms. The zero-order chi connectivity index (χ0) is 32.5. The summed E-state index contributed by atoms with van der Waals surface area (Å²) in [4.78, 5) is 30.6.